The van der Waals surface area contributed by atoms with Crippen LogP contribution in [-0.4, -0.2) is 40.4 Å². The lowest BCUT2D eigenvalue weighted by molar-refractivity contribution is -0.0733. The molecule has 22 heavy (non-hydrogen) atoms. The molecule has 1 heterocycles. The summed E-state index contributed by atoms with van der Waals surface area (Å²) in [6.07, 6.45) is 1.53. The quantitative estimate of drug-likeness (QED) is 0.868. The van der Waals surface area contributed by atoms with Crippen LogP contribution in [0.4, 0.5) is 0 Å². The molecule has 1 spiro atoms. The largest absolute Gasteiger partial charge is 0.393 e. The Hall–Kier alpha value is -1.39. The number of hydrogen-bond donors (Lipinski definition) is 1. The highest BCUT2D eigenvalue weighted by Gasteiger charge is 2.56. The third-order valence-corrected chi connectivity index (χ3v) is 4.92. The molecule has 0 bridgehead atoms. The van der Waals surface area contributed by atoms with Gasteiger partial charge in [0.05, 0.1) is 18.8 Å². The Kier molecular flexibility index (Phi) is 3.77. The Morgan fingerprint density at radius 2 is 2.00 bits per heavy atom. The number of nitrogens with zero attached hydrogens (tertiary/aromatic N) is 1. The summed E-state index contributed by atoms with van der Waals surface area (Å²) in [5.74, 6) is 0.00660. The molecule has 4 heteroatoms. The fourth-order valence-electron chi connectivity index (χ4n) is 3.66. The van der Waals surface area contributed by atoms with Gasteiger partial charge in [0, 0.05) is 12.0 Å². The molecule has 2 aliphatic rings. The zero-order valence-electron chi connectivity index (χ0n) is 13.6. The molecule has 1 aliphatic carbocycles. The van der Waals surface area contributed by atoms with Crippen molar-refractivity contribution < 1.29 is 14.6 Å². The Morgan fingerprint density at radius 1 is 1.32 bits per heavy atom. The molecule has 1 N–H and O–H groups in total. The Labute approximate surface area is 132 Å². The van der Waals surface area contributed by atoms with Crippen LogP contribution in [0.15, 0.2) is 30.3 Å². The highest BCUT2D eigenvalue weighted by Crippen LogP contribution is 2.46. The first kappa shape index (κ1) is 15.5. The third-order valence-electron chi connectivity index (χ3n) is 4.92. The van der Waals surface area contributed by atoms with Crippen LogP contribution >= 0.6 is 0 Å². The molecule has 2 fully saturated rings. The smallest absolute Gasteiger partial charge is 0.256 e. The lowest BCUT2D eigenvalue weighted by Gasteiger charge is -2.41. The molecule has 120 valence electrons. The second kappa shape index (κ2) is 5.36. The van der Waals surface area contributed by atoms with Gasteiger partial charge in [-0.2, -0.15) is 0 Å². The molecule has 1 amide bonds. The van der Waals surface area contributed by atoms with Crippen LogP contribution in [0.1, 0.15) is 50.4 Å². The van der Waals surface area contributed by atoms with Gasteiger partial charge in [-0.25, -0.2) is 0 Å². The van der Waals surface area contributed by atoms with Gasteiger partial charge in [0.1, 0.15) is 5.72 Å². The maximum absolute atomic E-state index is 13.1. The van der Waals surface area contributed by atoms with Crippen LogP contribution in [-0.2, 0) is 4.74 Å². The van der Waals surface area contributed by atoms with E-state index in [0.717, 1.165) is 0 Å². The number of amides is 1. The topological polar surface area (TPSA) is 49.8 Å². The number of aliphatic hydroxyl groups is 1. The monoisotopic (exact) mass is 303 g/mol. The minimum absolute atomic E-state index is 0.00660. The van der Waals surface area contributed by atoms with Crippen LogP contribution in [0.2, 0.25) is 0 Å². The lowest BCUT2D eigenvalue weighted by Crippen LogP contribution is -2.54. The molecule has 4 nitrogen and oxygen atoms in total. The Balaban J connectivity index is 1.99. The van der Waals surface area contributed by atoms with E-state index in [0.29, 0.717) is 31.4 Å². The first-order valence-electron chi connectivity index (χ1n) is 8.04. The van der Waals surface area contributed by atoms with Gasteiger partial charge in [-0.1, -0.05) is 39.0 Å². The SMILES string of the molecule is CC(C)(C)[C@H]1COC2(CC[C@H](O)C2)N1C(=O)c1ccccc1. The predicted octanol–water partition coefficient (Wildman–Crippen LogP) is 2.81. The van der Waals surface area contributed by atoms with E-state index < -0.39 is 5.72 Å². The summed E-state index contributed by atoms with van der Waals surface area (Å²) in [5, 5.41) is 10.00. The van der Waals surface area contributed by atoms with E-state index in [1.807, 2.05) is 35.2 Å². The molecular formula is C18H25NO3. The maximum atomic E-state index is 13.1. The van der Waals surface area contributed by atoms with E-state index >= 15 is 0 Å². The number of rotatable bonds is 1. The average molecular weight is 303 g/mol. The standard InChI is InChI=1S/C18H25NO3/c1-17(2,3)15-12-22-18(10-9-14(20)11-18)19(15)16(21)13-7-5-4-6-8-13/h4-8,14-15,20H,9-12H2,1-3H3/t14-,15+,18?/m0/s1. The molecule has 1 saturated carbocycles. The van der Waals surface area contributed by atoms with Gasteiger partial charge < -0.3 is 14.7 Å². The number of hydrogen-bond acceptors (Lipinski definition) is 3. The van der Waals surface area contributed by atoms with Gasteiger partial charge in [0.25, 0.3) is 5.91 Å². The lowest BCUT2D eigenvalue weighted by atomic mass is 9.85. The van der Waals surface area contributed by atoms with E-state index in [2.05, 4.69) is 20.8 Å². The molecule has 1 unspecified atom stereocenters. The van der Waals surface area contributed by atoms with Crippen molar-refractivity contribution in [3.63, 3.8) is 0 Å². The van der Waals surface area contributed by atoms with Crippen molar-refractivity contribution in [2.24, 2.45) is 5.41 Å². The molecule has 1 saturated heterocycles. The molecule has 1 aliphatic heterocycles. The number of ether oxygens (including phenoxy) is 1. The van der Waals surface area contributed by atoms with E-state index in [9.17, 15) is 9.90 Å². The van der Waals surface area contributed by atoms with Gasteiger partial charge in [-0.3, -0.25) is 4.79 Å². The van der Waals surface area contributed by atoms with E-state index in [1.165, 1.54) is 0 Å². The summed E-state index contributed by atoms with van der Waals surface area (Å²) >= 11 is 0. The average Bonchev–Trinajstić information content (AvgIpc) is 3.03. The fraction of sp³-hybridized carbons (Fsp3) is 0.611. The normalized spacial score (nSPS) is 31.9. The van der Waals surface area contributed by atoms with Crippen molar-refractivity contribution in [1.29, 1.82) is 0 Å². The maximum Gasteiger partial charge on any atom is 0.256 e. The van der Waals surface area contributed by atoms with Gasteiger partial charge in [-0.05, 0) is 30.4 Å². The van der Waals surface area contributed by atoms with Gasteiger partial charge in [0.2, 0.25) is 0 Å². The fourth-order valence-corrected chi connectivity index (χ4v) is 3.66. The summed E-state index contributed by atoms with van der Waals surface area (Å²) in [6.45, 7) is 6.94. The number of carbonyl (C=O) groups excluding carboxylic acids is 1. The van der Waals surface area contributed by atoms with E-state index in [4.69, 9.17) is 4.74 Å². The van der Waals surface area contributed by atoms with Crippen molar-refractivity contribution >= 4 is 5.91 Å². The van der Waals surface area contributed by atoms with Crippen molar-refractivity contribution in [2.45, 2.75) is 57.9 Å². The zero-order chi connectivity index (χ0) is 16.0. The van der Waals surface area contributed by atoms with E-state index in [-0.39, 0.29) is 23.5 Å². The van der Waals surface area contributed by atoms with Crippen molar-refractivity contribution in [1.82, 2.24) is 4.90 Å². The van der Waals surface area contributed by atoms with Crippen LogP contribution in [0.3, 0.4) is 0 Å². The minimum atomic E-state index is -0.635. The third kappa shape index (κ3) is 2.55. The molecule has 0 radical (unpaired) electrons. The highest BCUT2D eigenvalue weighted by atomic mass is 16.5. The van der Waals surface area contributed by atoms with Gasteiger partial charge >= 0.3 is 0 Å². The molecular weight excluding hydrogens is 278 g/mol. The summed E-state index contributed by atoms with van der Waals surface area (Å²) in [5.41, 5.74) is -0.0193. The number of aliphatic hydroxyl groups excluding tert-OH is 1. The predicted molar refractivity (Wildman–Crippen MR) is 84.4 cm³/mol. The summed E-state index contributed by atoms with van der Waals surface area (Å²) in [7, 11) is 0. The van der Waals surface area contributed by atoms with Gasteiger partial charge in [0.15, 0.2) is 0 Å². The summed E-state index contributed by atoms with van der Waals surface area (Å²) in [4.78, 5) is 15.1. The summed E-state index contributed by atoms with van der Waals surface area (Å²) < 4.78 is 6.11. The second-order valence-electron chi connectivity index (χ2n) is 7.58. The highest BCUT2D eigenvalue weighted by molar-refractivity contribution is 5.95. The molecule has 0 aromatic heterocycles. The minimum Gasteiger partial charge on any atom is -0.393 e. The number of carbonyl (C=O) groups is 1. The molecule has 3 atom stereocenters. The molecule has 1 aromatic rings. The van der Waals surface area contributed by atoms with Crippen molar-refractivity contribution in [3.05, 3.63) is 35.9 Å². The second-order valence-corrected chi connectivity index (χ2v) is 7.58. The van der Waals surface area contributed by atoms with Crippen LogP contribution in [0.25, 0.3) is 0 Å². The first-order chi connectivity index (χ1) is 10.3. The zero-order valence-corrected chi connectivity index (χ0v) is 13.6. The van der Waals surface area contributed by atoms with Crippen LogP contribution in [0.5, 0.6) is 0 Å². The van der Waals surface area contributed by atoms with Gasteiger partial charge in [-0.15, -0.1) is 0 Å². The first-order valence-corrected chi connectivity index (χ1v) is 8.04. The van der Waals surface area contributed by atoms with Crippen LogP contribution < -0.4 is 0 Å². The summed E-state index contributed by atoms with van der Waals surface area (Å²) in [6, 6.07) is 9.39. The van der Waals surface area contributed by atoms with Crippen molar-refractivity contribution in [3.8, 4) is 0 Å². The van der Waals surface area contributed by atoms with E-state index in [1.54, 1.807) is 0 Å². The number of benzene rings is 1. The molecule has 1 aromatic carbocycles. The Morgan fingerprint density at radius 3 is 2.55 bits per heavy atom. The Bertz CT molecular complexity index is 551. The van der Waals surface area contributed by atoms with Crippen LogP contribution in [0, 0.1) is 5.41 Å². The molecule has 3 rings (SSSR count). The van der Waals surface area contributed by atoms with Crippen molar-refractivity contribution in [2.75, 3.05) is 6.61 Å².